The second kappa shape index (κ2) is 7.92. The second-order valence-corrected chi connectivity index (χ2v) is 6.01. The normalized spacial score (nSPS) is 16.0. The summed E-state index contributed by atoms with van der Waals surface area (Å²) in [4.78, 5) is 20.6. The Hall–Kier alpha value is -2.41. The molecular formula is C17H23N5O2. The molecule has 7 heteroatoms. The maximum atomic E-state index is 12.3. The van der Waals surface area contributed by atoms with Gasteiger partial charge in [0.1, 0.15) is 5.75 Å². The molecule has 0 radical (unpaired) electrons. The number of hydrogen-bond donors (Lipinski definition) is 0. The summed E-state index contributed by atoms with van der Waals surface area (Å²) in [6.45, 7) is 4.31. The van der Waals surface area contributed by atoms with Crippen molar-refractivity contribution in [1.29, 1.82) is 0 Å². The van der Waals surface area contributed by atoms with E-state index in [4.69, 9.17) is 4.74 Å². The lowest BCUT2D eigenvalue weighted by Gasteiger charge is -2.21. The van der Waals surface area contributed by atoms with Gasteiger partial charge in [-0.05, 0) is 18.6 Å². The summed E-state index contributed by atoms with van der Waals surface area (Å²) >= 11 is 0. The average molecular weight is 329 g/mol. The number of amides is 1. The van der Waals surface area contributed by atoms with Crippen LogP contribution in [0.2, 0.25) is 0 Å². The molecule has 24 heavy (non-hydrogen) atoms. The number of ether oxygens (including phenoxy) is 1. The SMILES string of the molecule is Cn1cc(CN2CCCN(C(=O)COc3cccnc3)CC2)cn1. The van der Waals surface area contributed by atoms with Crippen molar-refractivity contribution >= 4 is 5.91 Å². The van der Waals surface area contributed by atoms with Gasteiger partial charge in [0.2, 0.25) is 0 Å². The number of aryl methyl sites for hydroxylation is 1. The molecule has 2 aromatic heterocycles. The summed E-state index contributed by atoms with van der Waals surface area (Å²) in [5.74, 6) is 0.654. The predicted molar refractivity (Wildman–Crippen MR) is 89.4 cm³/mol. The first-order valence-corrected chi connectivity index (χ1v) is 8.21. The molecule has 0 spiro atoms. The fourth-order valence-electron chi connectivity index (χ4n) is 2.86. The highest BCUT2D eigenvalue weighted by molar-refractivity contribution is 5.77. The van der Waals surface area contributed by atoms with E-state index in [0.717, 1.165) is 39.1 Å². The highest BCUT2D eigenvalue weighted by atomic mass is 16.5. The highest BCUT2D eigenvalue weighted by Crippen LogP contribution is 2.10. The van der Waals surface area contributed by atoms with Crippen molar-refractivity contribution in [3.05, 3.63) is 42.5 Å². The fraction of sp³-hybridized carbons (Fsp3) is 0.471. The van der Waals surface area contributed by atoms with Crippen molar-refractivity contribution in [2.75, 3.05) is 32.8 Å². The van der Waals surface area contributed by atoms with E-state index in [0.29, 0.717) is 5.75 Å². The van der Waals surface area contributed by atoms with Crippen LogP contribution in [0.4, 0.5) is 0 Å². The molecule has 1 saturated heterocycles. The van der Waals surface area contributed by atoms with Crippen LogP contribution < -0.4 is 4.74 Å². The lowest BCUT2D eigenvalue weighted by molar-refractivity contribution is -0.133. The van der Waals surface area contributed by atoms with Gasteiger partial charge in [0.15, 0.2) is 6.61 Å². The first-order valence-electron chi connectivity index (χ1n) is 8.21. The van der Waals surface area contributed by atoms with Gasteiger partial charge in [-0.25, -0.2) is 0 Å². The van der Waals surface area contributed by atoms with Gasteiger partial charge in [0, 0.05) is 57.7 Å². The molecule has 1 aliphatic rings. The Morgan fingerprint density at radius 1 is 1.25 bits per heavy atom. The Balaban J connectivity index is 1.46. The Kier molecular flexibility index (Phi) is 5.43. The summed E-state index contributed by atoms with van der Waals surface area (Å²) in [7, 11) is 1.93. The number of hydrogen-bond acceptors (Lipinski definition) is 5. The molecular weight excluding hydrogens is 306 g/mol. The minimum Gasteiger partial charge on any atom is -0.482 e. The summed E-state index contributed by atoms with van der Waals surface area (Å²) in [6.07, 6.45) is 8.20. The van der Waals surface area contributed by atoms with Gasteiger partial charge in [-0.15, -0.1) is 0 Å². The summed E-state index contributed by atoms with van der Waals surface area (Å²) in [5, 5.41) is 4.21. The minimum absolute atomic E-state index is 0.0297. The molecule has 0 saturated carbocycles. The van der Waals surface area contributed by atoms with Crippen LogP contribution in [0.15, 0.2) is 36.9 Å². The first kappa shape index (κ1) is 16.4. The average Bonchev–Trinajstić information content (AvgIpc) is 2.86. The molecule has 0 unspecified atom stereocenters. The molecule has 0 N–H and O–H groups in total. The maximum absolute atomic E-state index is 12.3. The molecule has 7 nitrogen and oxygen atoms in total. The van der Waals surface area contributed by atoms with Gasteiger partial charge < -0.3 is 9.64 Å². The predicted octanol–water partition coefficient (Wildman–Crippen LogP) is 0.928. The van der Waals surface area contributed by atoms with Crippen LogP contribution in [0.25, 0.3) is 0 Å². The van der Waals surface area contributed by atoms with Crippen LogP contribution in [0.1, 0.15) is 12.0 Å². The van der Waals surface area contributed by atoms with E-state index in [1.165, 1.54) is 5.56 Å². The second-order valence-electron chi connectivity index (χ2n) is 6.01. The lowest BCUT2D eigenvalue weighted by Crippen LogP contribution is -2.38. The van der Waals surface area contributed by atoms with Gasteiger partial charge in [-0.1, -0.05) is 0 Å². The van der Waals surface area contributed by atoms with E-state index >= 15 is 0 Å². The van der Waals surface area contributed by atoms with Crippen LogP contribution in [0.5, 0.6) is 5.75 Å². The number of rotatable bonds is 5. The van der Waals surface area contributed by atoms with E-state index in [9.17, 15) is 4.79 Å². The van der Waals surface area contributed by atoms with Crippen LogP contribution >= 0.6 is 0 Å². The van der Waals surface area contributed by atoms with Gasteiger partial charge in [-0.2, -0.15) is 5.10 Å². The zero-order valence-electron chi connectivity index (χ0n) is 14.0. The number of aromatic nitrogens is 3. The van der Waals surface area contributed by atoms with Crippen LogP contribution in [0.3, 0.4) is 0 Å². The third-order valence-electron chi connectivity index (χ3n) is 4.10. The third kappa shape index (κ3) is 4.55. The van der Waals surface area contributed by atoms with Crippen LogP contribution in [0, 0.1) is 0 Å². The Morgan fingerprint density at radius 3 is 2.92 bits per heavy atom. The standard InChI is InChI=1S/C17H23N5O2/c1-20-12-15(10-19-20)13-21-6-3-7-22(9-8-21)17(23)14-24-16-4-2-5-18-11-16/h2,4-5,10-12H,3,6-9,13-14H2,1H3. The van der Waals surface area contributed by atoms with Crippen molar-refractivity contribution in [3.63, 3.8) is 0 Å². The third-order valence-corrected chi connectivity index (χ3v) is 4.10. The Morgan fingerprint density at radius 2 is 2.17 bits per heavy atom. The topological polar surface area (TPSA) is 63.5 Å². The van der Waals surface area contributed by atoms with Gasteiger partial charge in [0.25, 0.3) is 5.91 Å². The molecule has 2 aromatic rings. The molecule has 128 valence electrons. The smallest absolute Gasteiger partial charge is 0.260 e. The zero-order chi connectivity index (χ0) is 16.8. The molecule has 1 fully saturated rings. The van der Waals surface area contributed by atoms with Crippen molar-refractivity contribution in [1.82, 2.24) is 24.6 Å². The van der Waals surface area contributed by atoms with Crippen molar-refractivity contribution in [3.8, 4) is 5.75 Å². The maximum Gasteiger partial charge on any atom is 0.260 e. The van der Waals surface area contributed by atoms with E-state index in [1.54, 1.807) is 24.5 Å². The fourth-order valence-corrected chi connectivity index (χ4v) is 2.86. The van der Waals surface area contributed by atoms with E-state index in [1.807, 2.05) is 29.0 Å². The van der Waals surface area contributed by atoms with Crippen LogP contribution in [-0.4, -0.2) is 63.3 Å². The van der Waals surface area contributed by atoms with Gasteiger partial charge >= 0.3 is 0 Å². The first-order chi connectivity index (χ1) is 11.7. The van der Waals surface area contributed by atoms with Crippen molar-refractivity contribution in [2.24, 2.45) is 7.05 Å². The summed E-state index contributed by atoms with van der Waals surface area (Å²) in [6, 6.07) is 3.60. The molecule has 0 bridgehead atoms. The molecule has 3 heterocycles. The minimum atomic E-state index is 0.0297. The van der Waals surface area contributed by atoms with E-state index in [2.05, 4.69) is 15.0 Å². The summed E-state index contributed by atoms with van der Waals surface area (Å²) in [5.41, 5.74) is 1.21. The van der Waals surface area contributed by atoms with E-state index in [-0.39, 0.29) is 12.5 Å². The zero-order valence-corrected chi connectivity index (χ0v) is 14.0. The monoisotopic (exact) mass is 329 g/mol. The quantitative estimate of drug-likeness (QED) is 0.816. The number of nitrogens with zero attached hydrogens (tertiary/aromatic N) is 5. The molecule has 1 aliphatic heterocycles. The largest absolute Gasteiger partial charge is 0.482 e. The molecule has 0 aromatic carbocycles. The Labute approximate surface area is 141 Å². The van der Waals surface area contributed by atoms with Crippen molar-refractivity contribution < 1.29 is 9.53 Å². The van der Waals surface area contributed by atoms with E-state index < -0.39 is 0 Å². The summed E-state index contributed by atoms with van der Waals surface area (Å²) < 4.78 is 7.33. The molecule has 3 rings (SSSR count). The number of carbonyl (C=O) groups excluding carboxylic acids is 1. The number of pyridine rings is 1. The van der Waals surface area contributed by atoms with Crippen molar-refractivity contribution in [2.45, 2.75) is 13.0 Å². The molecule has 0 atom stereocenters. The van der Waals surface area contributed by atoms with Gasteiger partial charge in [-0.3, -0.25) is 19.4 Å². The van der Waals surface area contributed by atoms with Crippen LogP contribution in [-0.2, 0) is 18.4 Å². The lowest BCUT2D eigenvalue weighted by atomic mass is 10.3. The highest BCUT2D eigenvalue weighted by Gasteiger charge is 2.19. The van der Waals surface area contributed by atoms with Gasteiger partial charge in [0.05, 0.1) is 12.4 Å². The number of carbonyl (C=O) groups is 1. The molecule has 1 amide bonds. The molecule has 0 aliphatic carbocycles. The Bertz CT molecular complexity index is 658.